The third kappa shape index (κ3) is 2.23. The van der Waals surface area contributed by atoms with Gasteiger partial charge >= 0.3 is 0 Å². The second kappa shape index (κ2) is 4.81. The number of hydrogen-bond donors (Lipinski definition) is 2. The summed E-state index contributed by atoms with van der Waals surface area (Å²) >= 11 is 0. The molecule has 0 amide bonds. The summed E-state index contributed by atoms with van der Waals surface area (Å²) in [7, 11) is 1.94. The predicted octanol–water partition coefficient (Wildman–Crippen LogP) is 2.70. The summed E-state index contributed by atoms with van der Waals surface area (Å²) < 4.78 is 0. The largest absolute Gasteiger partial charge is 0.508 e. The summed E-state index contributed by atoms with van der Waals surface area (Å²) in [6.45, 7) is 0. The van der Waals surface area contributed by atoms with E-state index in [4.69, 9.17) is 0 Å². The van der Waals surface area contributed by atoms with Gasteiger partial charge in [0, 0.05) is 0 Å². The van der Waals surface area contributed by atoms with E-state index in [0.717, 1.165) is 5.56 Å². The van der Waals surface area contributed by atoms with Crippen LogP contribution < -0.4 is 5.32 Å². The van der Waals surface area contributed by atoms with Crippen molar-refractivity contribution in [1.82, 2.24) is 5.32 Å². The van der Waals surface area contributed by atoms with Crippen molar-refractivity contribution in [2.24, 2.45) is 0 Å². The van der Waals surface area contributed by atoms with E-state index in [1.807, 2.05) is 37.4 Å². The van der Waals surface area contributed by atoms with E-state index in [9.17, 15) is 5.11 Å². The molecule has 0 heterocycles. The fraction of sp³-hybridized carbons (Fsp3) is 0.143. The Hall–Kier alpha value is -1.80. The Labute approximate surface area is 95.6 Å². The maximum absolute atomic E-state index is 9.26. The normalized spacial score (nSPS) is 12.3. The van der Waals surface area contributed by atoms with Gasteiger partial charge < -0.3 is 10.4 Å². The maximum atomic E-state index is 9.26. The molecule has 0 aliphatic carbocycles. The zero-order valence-corrected chi connectivity index (χ0v) is 9.22. The summed E-state index contributed by atoms with van der Waals surface area (Å²) in [4.78, 5) is 0. The van der Waals surface area contributed by atoms with Gasteiger partial charge in [-0.2, -0.15) is 0 Å². The molecule has 0 aliphatic heterocycles. The number of phenolic OH excluding ortho intramolecular Hbond substituents is 1. The van der Waals surface area contributed by atoms with Gasteiger partial charge in [-0.1, -0.05) is 42.5 Å². The van der Waals surface area contributed by atoms with Gasteiger partial charge in [0.25, 0.3) is 0 Å². The van der Waals surface area contributed by atoms with Crippen LogP contribution in [0.5, 0.6) is 5.75 Å². The van der Waals surface area contributed by atoms with Crippen LogP contribution in [-0.4, -0.2) is 12.2 Å². The highest BCUT2D eigenvalue weighted by atomic mass is 16.3. The van der Waals surface area contributed by atoms with Crippen molar-refractivity contribution in [3.63, 3.8) is 0 Å². The zero-order valence-electron chi connectivity index (χ0n) is 9.22. The van der Waals surface area contributed by atoms with Gasteiger partial charge in [0.1, 0.15) is 5.75 Å². The highest BCUT2D eigenvalue weighted by Gasteiger charge is 2.10. The minimum absolute atomic E-state index is 0.168. The molecule has 1 atom stereocenters. The van der Waals surface area contributed by atoms with Crippen LogP contribution in [0.1, 0.15) is 17.2 Å². The van der Waals surface area contributed by atoms with Crippen molar-refractivity contribution < 1.29 is 5.11 Å². The second-order valence-corrected chi connectivity index (χ2v) is 3.72. The Morgan fingerprint density at radius 2 is 1.44 bits per heavy atom. The van der Waals surface area contributed by atoms with Gasteiger partial charge in [-0.05, 0) is 30.3 Å². The summed E-state index contributed by atoms with van der Waals surface area (Å²) in [6, 6.07) is 17.7. The van der Waals surface area contributed by atoms with Gasteiger partial charge in [0.2, 0.25) is 0 Å². The van der Waals surface area contributed by atoms with Gasteiger partial charge in [-0.15, -0.1) is 0 Å². The van der Waals surface area contributed by atoms with E-state index in [1.165, 1.54) is 5.56 Å². The first-order chi connectivity index (χ1) is 7.81. The summed E-state index contributed by atoms with van der Waals surface area (Å²) in [6.07, 6.45) is 0. The van der Waals surface area contributed by atoms with Crippen molar-refractivity contribution in [3.8, 4) is 5.75 Å². The predicted molar refractivity (Wildman–Crippen MR) is 65.5 cm³/mol. The molecule has 2 N–H and O–H groups in total. The average molecular weight is 213 g/mol. The summed E-state index contributed by atoms with van der Waals surface area (Å²) in [5.74, 6) is 0.298. The molecule has 2 rings (SSSR count). The van der Waals surface area contributed by atoms with Crippen molar-refractivity contribution in [2.45, 2.75) is 6.04 Å². The fourth-order valence-electron chi connectivity index (χ4n) is 1.84. The number of aromatic hydroxyl groups is 1. The molecule has 16 heavy (non-hydrogen) atoms. The lowest BCUT2D eigenvalue weighted by molar-refractivity contribution is 0.475. The molecule has 82 valence electrons. The molecule has 0 aromatic heterocycles. The molecule has 0 spiro atoms. The third-order valence-corrected chi connectivity index (χ3v) is 2.65. The maximum Gasteiger partial charge on any atom is 0.115 e. The topological polar surface area (TPSA) is 32.3 Å². The quantitative estimate of drug-likeness (QED) is 0.821. The van der Waals surface area contributed by atoms with Crippen molar-refractivity contribution in [1.29, 1.82) is 0 Å². The SMILES string of the molecule is CNC(c1ccccc1)c1ccc(O)cc1. The third-order valence-electron chi connectivity index (χ3n) is 2.65. The number of rotatable bonds is 3. The number of phenols is 1. The molecule has 2 nitrogen and oxygen atoms in total. The molecular weight excluding hydrogens is 198 g/mol. The van der Waals surface area contributed by atoms with E-state index in [0.29, 0.717) is 5.75 Å². The van der Waals surface area contributed by atoms with Crippen molar-refractivity contribution in [3.05, 3.63) is 65.7 Å². The monoisotopic (exact) mass is 213 g/mol. The number of hydrogen-bond acceptors (Lipinski definition) is 2. The van der Waals surface area contributed by atoms with Gasteiger partial charge in [0.05, 0.1) is 6.04 Å². The molecule has 1 unspecified atom stereocenters. The van der Waals surface area contributed by atoms with Crippen LogP contribution in [0.3, 0.4) is 0 Å². The number of benzene rings is 2. The molecule has 2 heteroatoms. The first kappa shape index (κ1) is 10.7. The minimum atomic E-state index is 0.168. The Balaban J connectivity index is 2.33. The van der Waals surface area contributed by atoms with Crippen LogP contribution in [0.4, 0.5) is 0 Å². The molecule has 0 saturated heterocycles. The van der Waals surface area contributed by atoms with E-state index < -0.39 is 0 Å². The molecular formula is C14H15NO. The van der Waals surface area contributed by atoms with Crippen LogP contribution in [0.15, 0.2) is 54.6 Å². The molecule has 0 aliphatic rings. The Morgan fingerprint density at radius 1 is 0.875 bits per heavy atom. The first-order valence-corrected chi connectivity index (χ1v) is 5.32. The number of nitrogens with one attached hydrogen (secondary N) is 1. The molecule has 0 radical (unpaired) electrons. The smallest absolute Gasteiger partial charge is 0.115 e. The fourth-order valence-corrected chi connectivity index (χ4v) is 1.84. The molecule has 0 bridgehead atoms. The van der Waals surface area contributed by atoms with Crippen LogP contribution in [0.2, 0.25) is 0 Å². The lowest BCUT2D eigenvalue weighted by Crippen LogP contribution is -2.17. The highest BCUT2D eigenvalue weighted by molar-refractivity contribution is 5.34. The summed E-state index contributed by atoms with van der Waals surface area (Å²) in [5, 5.41) is 12.5. The van der Waals surface area contributed by atoms with Crippen LogP contribution in [0.25, 0.3) is 0 Å². The Kier molecular flexibility index (Phi) is 3.22. The second-order valence-electron chi connectivity index (χ2n) is 3.72. The molecule has 0 fully saturated rings. The zero-order chi connectivity index (χ0) is 11.4. The van der Waals surface area contributed by atoms with E-state index in [-0.39, 0.29) is 6.04 Å². The molecule has 0 saturated carbocycles. The van der Waals surface area contributed by atoms with Crippen LogP contribution in [0, 0.1) is 0 Å². The Bertz CT molecular complexity index is 436. The van der Waals surface area contributed by atoms with Gasteiger partial charge in [-0.3, -0.25) is 0 Å². The van der Waals surface area contributed by atoms with E-state index in [2.05, 4.69) is 17.4 Å². The lowest BCUT2D eigenvalue weighted by Gasteiger charge is -2.17. The van der Waals surface area contributed by atoms with Crippen molar-refractivity contribution in [2.75, 3.05) is 7.05 Å². The Morgan fingerprint density at radius 3 is 2.00 bits per heavy atom. The van der Waals surface area contributed by atoms with Crippen LogP contribution in [-0.2, 0) is 0 Å². The average Bonchev–Trinajstić information content (AvgIpc) is 2.34. The van der Waals surface area contributed by atoms with Gasteiger partial charge in [-0.25, -0.2) is 0 Å². The van der Waals surface area contributed by atoms with E-state index in [1.54, 1.807) is 12.1 Å². The standard InChI is InChI=1S/C14H15NO/c1-15-14(11-5-3-2-4-6-11)12-7-9-13(16)10-8-12/h2-10,14-16H,1H3. The first-order valence-electron chi connectivity index (χ1n) is 5.32. The lowest BCUT2D eigenvalue weighted by atomic mass is 9.99. The summed E-state index contributed by atoms with van der Waals surface area (Å²) in [5.41, 5.74) is 2.36. The van der Waals surface area contributed by atoms with Crippen LogP contribution >= 0.6 is 0 Å². The minimum Gasteiger partial charge on any atom is -0.508 e. The highest BCUT2D eigenvalue weighted by Crippen LogP contribution is 2.22. The van der Waals surface area contributed by atoms with Gasteiger partial charge in [0.15, 0.2) is 0 Å². The van der Waals surface area contributed by atoms with E-state index >= 15 is 0 Å². The van der Waals surface area contributed by atoms with Crippen molar-refractivity contribution >= 4 is 0 Å². The molecule has 2 aromatic carbocycles. The molecule has 2 aromatic rings.